The van der Waals surface area contributed by atoms with E-state index >= 15 is 0 Å². The smallest absolute Gasteiger partial charge is 0.261 e. The van der Waals surface area contributed by atoms with Crippen molar-refractivity contribution in [3.05, 3.63) is 48.0 Å². The van der Waals surface area contributed by atoms with E-state index in [4.69, 9.17) is 4.74 Å². The average Bonchev–Trinajstić information content (AvgIpc) is 2.49. The summed E-state index contributed by atoms with van der Waals surface area (Å²) in [5, 5.41) is 0. The molecule has 118 valence electrons. The number of thioether (sulfide) groups is 1. The number of para-hydroxylation sites is 1. The van der Waals surface area contributed by atoms with Crippen LogP contribution in [0.3, 0.4) is 0 Å². The maximum Gasteiger partial charge on any atom is 0.261 e. The van der Waals surface area contributed by atoms with Gasteiger partial charge in [-0.15, -0.1) is 11.8 Å². The number of aryl methyl sites for hydroxylation is 1. The van der Waals surface area contributed by atoms with E-state index in [2.05, 4.69) is 4.72 Å². The lowest BCUT2D eigenvalue weighted by atomic mass is 10.2. The molecule has 2 aromatic rings. The zero-order valence-corrected chi connectivity index (χ0v) is 14.4. The molecule has 0 amide bonds. The summed E-state index contributed by atoms with van der Waals surface area (Å²) < 4.78 is 32.9. The molecule has 0 unspecified atom stereocenters. The molecular weight excluding hydrogens is 318 g/mol. The maximum atomic E-state index is 12.5. The van der Waals surface area contributed by atoms with E-state index in [-0.39, 0.29) is 4.90 Å². The predicted octanol–water partition coefficient (Wildman–Crippen LogP) is 3.92. The first kappa shape index (κ1) is 16.7. The number of rotatable bonds is 6. The third-order valence-electron chi connectivity index (χ3n) is 3.11. The van der Waals surface area contributed by atoms with Crippen LogP contribution in [0.15, 0.2) is 52.3 Å². The molecule has 0 aliphatic carbocycles. The van der Waals surface area contributed by atoms with E-state index in [1.807, 2.05) is 32.0 Å². The molecule has 0 aliphatic rings. The van der Waals surface area contributed by atoms with Crippen LogP contribution in [0.2, 0.25) is 0 Å². The van der Waals surface area contributed by atoms with Gasteiger partial charge < -0.3 is 4.74 Å². The highest BCUT2D eigenvalue weighted by atomic mass is 32.2. The quantitative estimate of drug-likeness (QED) is 0.812. The first-order valence-electron chi connectivity index (χ1n) is 6.87. The predicted molar refractivity (Wildman–Crippen MR) is 91.4 cm³/mol. The average molecular weight is 337 g/mol. The molecule has 0 radical (unpaired) electrons. The lowest BCUT2D eigenvalue weighted by Gasteiger charge is -2.13. The summed E-state index contributed by atoms with van der Waals surface area (Å²) in [6, 6.07) is 12.2. The number of benzene rings is 2. The van der Waals surface area contributed by atoms with Gasteiger partial charge in [-0.05, 0) is 48.6 Å². The molecule has 0 aromatic heterocycles. The van der Waals surface area contributed by atoms with Crippen LogP contribution in [0.4, 0.5) is 5.69 Å². The van der Waals surface area contributed by atoms with Gasteiger partial charge in [0, 0.05) is 4.90 Å². The van der Waals surface area contributed by atoms with Crippen molar-refractivity contribution in [1.82, 2.24) is 0 Å². The normalized spacial score (nSPS) is 11.2. The van der Waals surface area contributed by atoms with Gasteiger partial charge in [0.05, 0.1) is 17.7 Å². The molecule has 0 spiro atoms. The van der Waals surface area contributed by atoms with Crippen LogP contribution in [-0.2, 0) is 10.0 Å². The highest BCUT2D eigenvalue weighted by Crippen LogP contribution is 2.29. The van der Waals surface area contributed by atoms with Gasteiger partial charge in [0.25, 0.3) is 10.0 Å². The molecule has 4 nitrogen and oxygen atoms in total. The fraction of sp³-hybridized carbons (Fsp3) is 0.250. The van der Waals surface area contributed by atoms with Crippen molar-refractivity contribution >= 4 is 27.5 Å². The molecule has 1 N–H and O–H groups in total. The Morgan fingerprint density at radius 3 is 2.55 bits per heavy atom. The minimum atomic E-state index is -3.62. The van der Waals surface area contributed by atoms with Crippen LogP contribution < -0.4 is 9.46 Å². The largest absolute Gasteiger partial charge is 0.496 e. The molecule has 2 aromatic carbocycles. The van der Waals surface area contributed by atoms with E-state index < -0.39 is 10.0 Å². The van der Waals surface area contributed by atoms with Gasteiger partial charge in [-0.3, -0.25) is 4.72 Å². The van der Waals surface area contributed by atoms with E-state index in [0.717, 1.165) is 16.2 Å². The Labute approximate surface area is 135 Å². The topological polar surface area (TPSA) is 55.4 Å². The minimum Gasteiger partial charge on any atom is -0.496 e. The van der Waals surface area contributed by atoms with E-state index in [9.17, 15) is 8.42 Å². The first-order valence-corrected chi connectivity index (χ1v) is 9.34. The first-order chi connectivity index (χ1) is 10.5. The summed E-state index contributed by atoms with van der Waals surface area (Å²) in [6.07, 6.45) is 0. The summed E-state index contributed by atoms with van der Waals surface area (Å²) in [7, 11) is -2.06. The molecule has 22 heavy (non-hydrogen) atoms. The Balaban J connectivity index is 2.34. The Bertz CT molecular complexity index is 758. The van der Waals surface area contributed by atoms with Gasteiger partial charge in [0.15, 0.2) is 0 Å². The van der Waals surface area contributed by atoms with Gasteiger partial charge in [-0.1, -0.05) is 19.1 Å². The second-order valence-corrected chi connectivity index (χ2v) is 7.65. The second-order valence-electron chi connectivity index (χ2n) is 4.67. The molecule has 0 heterocycles. The van der Waals surface area contributed by atoms with E-state index in [0.29, 0.717) is 11.4 Å². The summed E-state index contributed by atoms with van der Waals surface area (Å²) in [5.74, 6) is 1.54. The van der Waals surface area contributed by atoms with Crippen LogP contribution in [-0.4, -0.2) is 21.3 Å². The Morgan fingerprint density at radius 1 is 1.18 bits per heavy atom. The highest BCUT2D eigenvalue weighted by molar-refractivity contribution is 7.99. The molecule has 0 fully saturated rings. The van der Waals surface area contributed by atoms with Crippen LogP contribution in [0, 0.1) is 6.92 Å². The fourth-order valence-corrected chi connectivity index (χ4v) is 4.04. The number of anilines is 1. The van der Waals surface area contributed by atoms with Gasteiger partial charge in [0.2, 0.25) is 0 Å². The summed E-state index contributed by atoms with van der Waals surface area (Å²) in [4.78, 5) is 1.14. The molecule has 0 atom stereocenters. The summed E-state index contributed by atoms with van der Waals surface area (Å²) in [6.45, 7) is 3.85. The number of nitrogens with one attached hydrogen (secondary N) is 1. The van der Waals surface area contributed by atoms with Gasteiger partial charge >= 0.3 is 0 Å². The van der Waals surface area contributed by atoms with Crippen molar-refractivity contribution in [2.24, 2.45) is 0 Å². The Kier molecular flexibility index (Phi) is 5.37. The van der Waals surface area contributed by atoms with Crippen LogP contribution in [0.1, 0.15) is 12.5 Å². The zero-order chi connectivity index (χ0) is 16.2. The zero-order valence-electron chi connectivity index (χ0n) is 12.8. The number of sulfonamides is 1. The van der Waals surface area contributed by atoms with E-state index in [1.54, 1.807) is 43.1 Å². The third kappa shape index (κ3) is 3.75. The molecule has 0 saturated carbocycles. The molecule has 6 heteroatoms. The standard InChI is InChI=1S/C16H19NO3S2/c1-4-21-16-8-6-5-7-14(16)17-22(18,19)13-9-10-15(20-3)12(2)11-13/h5-11,17H,4H2,1-3H3. The van der Waals surface area contributed by atoms with Crippen LogP contribution in [0.5, 0.6) is 5.75 Å². The van der Waals surface area contributed by atoms with Gasteiger partial charge in [0.1, 0.15) is 5.75 Å². The monoisotopic (exact) mass is 337 g/mol. The lowest BCUT2D eigenvalue weighted by molar-refractivity contribution is 0.411. The van der Waals surface area contributed by atoms with Crippen molar-refractivity contribution in [3.8, 4) is 5.75 Å². The fourth-order valence-electron chi connectivity index (χ4n) is 2.05. The number of methoxy groups -OCH3 is 1. The second kappa shape index (κ2) is 7.07. The SMILES string of the molecule is CCSc1ccccc1NS(=O)(=O)c1ccc(OC)c(C)c1. The van der Waals surface area contributed by atoms with Crippen LogP contribution in [0.25, 0.3) is 0 Å². The molecule has 0 aliphatic heterocycles. The summed E-state index contributed by atoms with van der Waals surface area (Å²) >= 11 is 1.60. The molecule has 2 rings (SSSR count). The Morgan fingerprint density at radius 2 is 1.91 bits per heavy atom. The van der Waals surface area contributed by atoms with Crippen molar-refractivity contribution in [2.75, 3.05) is 17.6 Å². The summed E-state index contributed by atoms with van der Waals surface area (Å²) in [5.41, 5.74) is 1.38. The number of hydrogen-bond acceptors (Lipinski definition) is 4. The van der Waals surface area contributed by atoms with Gasteiger partial charge in [-0.2, -0.15) is 0 Å². The number of hydrogen-bond donors (Lipinski definition) is 1. The van der Waals surface area contributed by atoms with Crippen molar-refractivity contribution < 1.29 is 13.2 Å². The molecule has 0 bridgehead atoms. The maximum absolute atomic E-state index is 12.5. The highest BCUT2D eigenvalue weighted by Gasteiger charge is 2.17. The Hall–Kier alpha value is -1.66. The molecule has 0 saturated heterocycles. The van der Waals surface area contributed by atoms with Crippen molar-refractivity contribution in [3.63, 3.8) is 0 Å². The molecular formula is C16H19NO3S2. The van der Waals surface area contributed by atoms with Crippen LogP contribution >= 0.6 is 11.8 Å². The van der Waals surface area contributed by atoms with E-state index in [1.165, 1.54) is 0 Å². The van der Waals surface area contributed by atoms with Gasteiger partial charge in [-0.25, -0.2) is 8.42 Å². The third-order valence-corrected chi connectivity index (χ3v) is 5.43. The van der Waals surface area contributed by atoms with Crippen molar-refractivity contribution in [1.29, 1.82) is 0 Å². The number of ether oxygens (including phenoxy) is 1. The van der Waals surface area contributed by atoms with Crippen molar-refractivity contribution in [2.45, 2.75) is 23.6 Å². The lowest BCUT2D eigenvalue weighted by Crippen LogP contribution is -2.13. The minimum absolute atomic E-state index is 0.224.